The van der Waals surface area contributed by atoms with Crippen molar-refractivity contribution in [2.75, 3.05) is 27.4 Å². The monoisotopic (exact) mass is 614 g/mol. The molecule has 0 saturated heterocycles. The molecule has 0 aliphatic carbocycles. The van der Waals surface area contributed by atoms with E-state index in [1.54, 1.807) is 0 Å². The van der Waals surface area contributed by atoms with Crippen LogP contribution in [0.25, 0.3) is 0 Å². The van der Waals surface area contributed by atoms with Crippen molar-refractivity contribution in [3.63, 3.8) is 0 Å². The summed E-state index contributed by atoms with van der Waals surface area (Å²) in [5.74, 6) is 0. The molecule has 2 aliphatic heterocycles. The number of hydrogen-bond donors (Lipinski definition) is 0. The maximum absolute atomic E-state index is 2.60. The number of nitrogens with zero attached hydrogens (tertiary/aromatic N) is 4. The fourth-order valence-electron chi connectivity index (χ4n) is 3.84. The molecule has 2 aliphatic rings. The fraction of sp³-hybridized carbons (Fsp3) is 0.818. The van der Waals surface area contributed by atoms with Crippen LogP contribution in [0.4, 0.5) is 0 Å². The zero-order chi connectivity index (χ0) is 20.2. The van der Waals surface area contributed by atoms with E-state index in [2.05, 4.69) is 104 Å². The molecule has 0 bridgehead atoms. The maximum atomic E-state index is 2.60. The van der Waals surface area contributed by atoms with Crippen molar-refractivity contribution in [3.8, 4) is 0 Å². The Hall–Kier alpha value is 0.140. The normalized spacial score (nSPS) is 18.6. The molecular weight excluding hydrogens is 574 g/mol. The highest BCUT2D eigenvalue weighted by Gasteiger charge is 2.16. The number of rotatable bonds is 15. The van der Waals surface area contributed by atoms with Crippen molar-refractivity contribution < 1.29 is 0 Å². The predicted molar refractivity (Wildman–Crippen MR) is 138 cm³/mol. The Morgan fingerprint density at radius 1 is 0.571 bits per heavy atom. The van der Waals surface area contributed by atoms with Gasteiger partial charge in [0.25, 0.3) is 0 Å². The summed E-state index contributed by atoms with van der Waals surface area (Å²) < 4.78 is 1.31. The highest BCUT2D eigenvalue weighted by atomic mass is 127. The van der Waals surface area contributed by atoms with Crippen LogP contribution in [0.1, 0.15) is 77.0 Å². The topological polar surface area (TPSA) is 13.0 Å². The van der Waals surface area contributed by atoms with Crippen molar-refractivity contribution in [2.24, 2.45) is 0 Å². The summed E-state index contributed by atoms with van der Waals surface area (Å²) in [6.07, 6.45) is 25.6. The molecule has 2 atom stereocenters. The van der Waals surface area contributed by atoms with Gasteiger partial charge in [-0.2, -0.15) is 0 Å². The molecule has 4 nitrogen and oxygen atoms in total. The minimum absolute atomic E-state index is 0.656. The van der Waals surface area contributed by atoms with Crippen molar-refractivity contribution >= 4 is 45.2 Å². The summed E-state index contributed by atoms with van der Waals surface area (Å²) in [5.41, 5.74) is 0. The van der Waals surface area contributed by atoms with E-state index >= 15 is 0 Å². The molecule has 0 N–H and O–H groups in total. The van der Waals surface area contributed by atoms with Gasteiger partial charge in [0, 0.05) is 38.9 Å². The number of alkyl halides is 2. The molecule has 2 heterocycles. The van der Waals surface area contributed by atoms with Gasteiger partial charge in [-0.15, -0.1) is 0 Å². The van der Waals surface area contributed by atoms with Crippen LogP contribution in [0.15, 0.2) is 24.8 Å². The second-order valence-electron chi connectivity index (χ2n) is 8.40. The lowest BCUT2D eigenvalue weighted by atomic mass is 10.0. The molecule has 6 heteroatoms. The van der Waals surface area contributed by atoms with Crippen molar-refractivity contribution in [1.29, 1.82) is 0 Å². The highest BCUT2D eigenvalue weighted by molar-refractivity contribution is 14.1. The van der Waals surface area contributed by atoms with Crippen LogP contribution in [-0.4, -0.2) is 55.1 Å². The zero-order valence-corrected chi connectivity index (χ0v) is 22.2. The van der Waals surface area contributed by atoms with Gasteiger partial charge in [-0.3, -0.25) is 0 Å². The number of hydrogen-bond acceptors (Lipinski definition) is 4. The average Bonchev–Trinajstić information content (AvgIpc) is 3.30. The van der Waals surface area contributed by atoms with Crippen LogP contribution in [0.2, 0.25) is 0 Å². The van der Waals surface area contributed by atoms with E-state index in [0.29, 0.717) is 8.10 Å². The van der Waals surface area contributed by atoms with Gasteiger partial charge in [0.15, 0.2) is 0 Å². The van der Waals surface area contributed by atoms with Crippen LogP contribution in [0.5, 0.6) is 0 Å². The van der Waals surface area contributed by atoms with Gasteiger partial charge in [-0.1, -0.05) is 109 Å². The molecule has 0 spiro atoms. The van der Waals surface area contributed by atoms with Crippen molar-refractivity contribution in [1.82, 2.24) is 19.6 Å². The summed E-state index contributed by atoms with van der Waals surface area (Å²) >= 11 is 5.20. The summed E-state index contributed by atoms with van der Waals surface area (Å²) in [7, 11) is 4.29. The third kappa shape index (κ3) is 9.76. The summed E-state index contributed by atoms with van der Waals surface area (Å²) in [4.78, 5) is 9.38. The first-order chi connectivity index (χ1) is 13.6. The Morgan fingerprint density at radius 3 is 1.18 bits per heavy atom. The molecular formula is C22H40I2N4. The lowest BCUT2D eigenvalue weighted by molar-refractivity contribution is 0.280. The van der Waals surface area contributed by atoms with E-state index in [-0.39, 0.29) is 0 Å². The first-order valence-corrected chi connectivity index (χ1v) is 13.6. The largest absolute Gasteiger partial charge is 0.362 e. The third-order valence-corrected chi connectivity index (χ3v) is 8.33. The van der Waals surface area contributed by atoms with Gasteiger partial charge in [0.2, 0.25) is 0 Å². The zero-order valence-electron chi connectivity index (χ0n) is 17.9. The van der Waals surface area contributed by atoms with Gasteiger partial charge < -0.3 is 19.6 Å². The van der Waals surface area contributed by atoms with Gasteiger partial charge in [0.05, 0.1) is 21.4 Å². The van der Waals surface area contributed by atoms with Crippen LogP contribution in [0, 0.1) is 0 Å². The van der Waals surface area contributed by atoms with Crippen LogP contribution in [-0.2, 0) is 0 Å². The van der Waals surface area contributed by atoms with Gasteiger partial charge >= 0.3 is 0 Å². The van der Waals surface area contributed by atoms with E-state index in [4.69, 9.17) is 0 Å². The molecule has 0 fully saturated rings. The lowest BCUT2D eigenvalue weighted by Gasteiger charge is -2.24. The molecule has 0 radical (unpaired) electrons. The van der Waals surface area contributed by atoms with E-state index in [1.165, 1.54) is 77.0 Å². The van der Waals surface area contributed by atoms with E-state index in [1.807, 2.05) is 0 Å². The SMILES string of the molecule is CN1C=CN(C(I)CCCCCCCCCCCCC(I)N2C=CN(C)C2)C1. The molecule has 0 amide bonds. The van der Waals surface area contributed by atoms with Crippen molar-refractivity contribution in [3.05, 3.63) is 24.8 Å². The van der Waals surface area contributed by atoms with E-state index in [9.17, 15) is 0 Å². The second kappa shape index (κ2) is 14.2. The van der Waals surface area contributed by atoms with Gasteiger partial charge in [-0.05, 0) is 12.8 Å². The quantitative estimate of drug-likeness (QED) is 0.0900. The lowest BCUT2D eigenvalue weighted by Crippen LogP contribution is -2.28. The van der Waals surface area contributed by atoms with Gasteiger partial charge in [0.1, 0.15) is 0 Å². The number of halogens is 2. The van der Waals surface area contributed by atoms with Crippen LogP contribution >= 0.6 is 45.2 Å². The Labute approximate surface area is 201 Å². The standard InChI is InChI=1S/C22H40I2N4/c1-25-15-17-27(19-25)21(23)13-11-9-7-5-3-4-6-8-10-12-14-22(24)28-18-16-26(2)20-28/h15-18,21-22H,3-14,19-20H2,1-2H3. The Morgan fingerprint density at radius 2 is 0.893 bits per heavy atom. The Bertz CT molecular complexity index is 429. The Balaban J connectivity index is 1.31. The second-order valence-corrected chi connectivity index (χ2v) is 11.3. The molecule has 28 heavy (non-hydrogen) atoms. The molecule has 0 aromatic rings. The summed E-state index contributed by atoms with van der Waals surface area (Å²) in [5, 5.41) is 0. The van der Waals surface area contributed by atoms with Gasteiger partial charge in [-0.25, -0.2) is 0 Å². The highest BCUT2D eigenvalue weighted by Crippen LogP contribution is 2.22. The first-order valence-electron chi connectivity index (χ1n) is 11.1. The minimum Gasteiger partial charge on any atom is -0.362 e. The summed E-state index contributed by atoms with van der Waals surface area (Å²) in [6, 6.07) is 0. The average molecular weight is 614 g/mol. The third-order valence-electron chi connectivity index (χ3n) is 5.65. The van der Waals surface area contributed by atoms with Crippen molar-refractivity contribution in [2.45, 2.75) is 85.1 Å². The number of unbranched alkanes of at least 4 members (excludes halogenated alkanes) is 9. The van der Waals surface area contributed by atoms with Crippen LogP contribution in [0.3, 0.4) is 0 Å². The fourth-order valence-corrected chi connectivity index (χ4v) is 5.44. The Kier molecular flexibility index (Phi) is 12.4. The first kappa shape index (κ1) is 24.4. The minimum atomic E-state index is 0.656. The molecule has 2 unspecified atom stereocenters. The van der Waals surface area contributed by atoms with E-state index < -0.39 is 0 Å². The molecule has 162 valence electrons. The molecule has 0 aromatic heterocycles. The smallest absolute Gasteiger partial charge is 0.0900 e. The predicted octanol–water partition coefficient (Wildman–Crippen LogP) is 6.54. The maximum Gasteiger partial charge on any atom is 0.0900 e. The van der Waals surface area contributed by atoms with Crippen LogP contribution < -0.4 is 0 Å². The molecule has 0 saturated carbocycles. The molecule has 2 rings (SSSR count). The molecule has 0 aromatic carbocycles. The van der Waals surface area contributed by atoms with E-state index in [0.717, 1.165) is 13.3 Å². The summed E-state index contributed by atoms with van der Waals surface area (Å²) in [6.45, 7) is 2.11.